The maximum Gasteiger partial charge on any atom is 0.303 e. The SMILES string of the molecule is O=C(O)CCCCCCCC/C=C/SCCO. The summed E-state index contributed by atoms with van der Waals surface area (Å²) in [7, 11) is 0. The van der Waals surface area contributed by atoms with Gasteiger partial charge in [-0.05, 0) is 24.7 Å². The van der Waals surface area contributed by atoms with Gasteiger partial charge in [-0.15, -0.1) is 11.8 Å². The van der Waals surface area contributed by atoms with E-state index in [1.807, 2.05) is 0 Å². The van der Waals surface area contributed by atoms with Gasteiger partial charge in [0.2, 0.25) is 0 Å². The van der Waals surface area contributed by atoms with Crippen molar-refractivity contribution < 1.29 is 15.0 Å². The minimum atomic E-state index is -0.685. The molecule has 0 aromatic heterocycles. The van der Waals surface area contributed by atoms with E-state index in [0.29, 0.717) is 6.42 Å². The molecule has 0 amide bonds. The quantitative estimate of drug-likeness (QED) is 0.528. The zero-order chi connectivity index (χ0) is 12.8. The van der Waals surface area contributed by atoms with E-state index in [2.05, 4.69) is 11.5 Å². The molecule has 0 aliphatic carbocycles. The summed E-state index contributed by atoms with van der Waals surface area (Å²) in [4.78, 5) is 10.3. The van der Waals surface area contributed by atoms with Gasteiger partial charge in [-0.1, -0.05) is 31.8 Å². The Bertz CT molecular complexity index is 205. The Hall–Kier alpha value is -0.480. The van der Waals surface area contributed by atoms with Crippen LogP contribution in [0.1, 0.15) is 51.4 Å². The molecule has 0 radical (unpaired) electrons. The Morgan fingerprint density at radius 3 is 2.35 bits per heavy atom. The lowest BCUT2D eigenvalue weighted by molar-refractivity contribution is -0.137. The van der Waals surface area contributed by atoms with E-state index in [0.717, 1.165) is 31.4 Å². The van der Waals surface area contributed by atoms with E-state index in [-0.39, 0.29) is 6.61 Å². The maximum atomic E-state index is 10.3. The van der Waals surface area contributed by atoms with Crippen molar-refractivity contribution >= 4 is 17.7 Å². The first kappa shape index (κ1) is 16.5. The highest BCUT2D eigenvalue weighted by Gasteiger charge is 1.96. The molecule has 0 unspecified atom stereocenters. The number of hydrogen-bond acceptors (Lipinski definition) is 3. The van der Waals surface area contributed by atoms with Gasteiger partial charge in [0.25, 0.3) is 0 Å². The summed E-state index contributed by atoms with van der Waals surface area (Å²) < 4.78 is 0. The monoisotopic (exact) mass is 260 g/mol. The van der Waals surface area contributed by atoms with E-state index in [1.165, 1.54) is 19.3 Å². The predicted molar refractivity (Wildman–Crippen MR) is 73.3 cm³/mol. The molecule has 0 atom stereocenters. The van der Waals surface area contributed by atoms with Crippen molar-refractivity contribution in [2.24, 2.45) is 0 Å². The predicted octanol–water partition coefficient (Wildman–Crippen LogP) is 3.43. The number of carboxylic acids is 1. The normalized spacial score (nSPS) is 11.1. The molecule has 0 aromatic rings. The van der Waals surface area contributed by atoms with E-state index in [9.17, 15) is 4.79 Å². The van der Waals surface area contributed by atoms with Gasteiger partial charge in [0, 0.05) is 12.2 Å². The van der Waals surface area contributed by atoms with Gasteiger partial charge >= 0.3 is 5.97 Å². The fourth-order valence-electron chi connectivity index (χ4n) is 1.50. The highest BCUT2D eigenvalue weighted by molar-refractivity contribution is 8.02. The lowest BCUT2D eigenvalue weighted by Crippen LogP contribution is -1.93. The van der Waals surface area contributed by atoms with Gasteiger partial charge in [-0.3, -0.25) is 4.79 Å². The Morgan fingerprint density at radius 2 is 1.71 bits per heavy atom. The maximum absolute atomic E-state index is 10.3. The van der Waals surface area contributed by atoms with Crippen molar-refractivity contribution in [3.63, 3.8) is 0 Å². The van der Waals surface area contributed by atoms with Crippen molar-refractivity contribution in [3.8, 4) is 0 Å². The number of thioether (sulfide) groups is 1. The first-order valence-electron chi connectivity index (χ1n) is 6.36. The fourth-order valence-corrected chi connectivity index (χ4v) is 2.02. The third-order valence-electron chi connectivity index (χ3n) is 2.41. The van der Waals surface area contributed by atoms with Crippen LogP contribution >= 0.6 is 11.8 Å². The number of carboxylic acid groups (broad SMARTS) is 1. The average molecular weight is 260 g/mol. The first-order valence-corrected chi connectivity index (χ1v) is 7.41. The summed E-state index contributed by atoms with van der Waals surface area (Å²) in [5.41, 5.74) is 0. The lowest BCUT2D eigenvalue weighted by Gasteiger charge is -1.99. The van der Waals surface area contributed by atoms with Gasteiger partial charge in [0.05, 0.1) is 6.61 Å². The molecular formula is C13H24O3S. The van der Waals surface area contributed by atoms with Crippen molar-refractivity contribution in [2.45, 2.75) is 51.4 Å². The molecule has 0 aliphatic rings. The minimum absolute atomic E-state index is 0.241. The summed E-state index contributed by atoms with van der Waals surface area (Å²) in [6.07, 6.45) is 10.2. The molecule has 0 saturated heterocycles. The van der Waals surface area contributed by atoms with Crippen LogP contribution < -0.4 is 0 Å². The van der Waals surface area contributed by atoms with Crippen LogP contribution in [0.15, 0.2) is 11.5 Å². The zero-order valence-corrected chi connectivity index (χ0v) is 11.3. The summed E-state index contributed by atoms with van der Waals surface area (Å²) in [6.45, 7) is 0.241. The van der Waals surface area contributed by atoms with Gasteiger partial charge in [0.15, 0.2) is 0 Å². The molecule has 0 aliphatic heterocycles. The highest BCUT2D eigenvalue weighted by Crippen LogP contribution is 2.10. The van der Waals surface area contributed by atoms with E-state index < -0.39 is 5.97 Å². The number of aliphatic hydroxyl groups is 1. The van der Waals surface area contributed by atoms with Gasteiger partial charge in [-0.2, -0.15) is 0 Å². The van der Waals surface area contributed by atoms with Crippen molar-refractivity contribution in [3.05, 3.63) is 11.5 Å². The Kier molecular flexibility index (Phi) is 13.2. The van der Waals surface area contributed by atoms with Crippen LogP contribution in [0.4, 0.5) is 0 Å². The third kappa shape index (κ3) is 15.5. The van der Waals surface area contributed by atoms with Crippen LogP contribution in [-0.4, -0.2) is 28.5 Å². The molecule has 0 heterocycles. The molecule has 0 spiro atoms. The summed E-state index contributed by atoms with van der Waals surface area (Å²) >= 11 is 1.64. The Labute approximate surface area is 108 Å². The smallest absolute Gasteiger partial charge is 0.303 e. The van der Waals surface area contributed by atoms with Crippen LogP contribution in [0.25, 0.3) is 0 Å². The van der Waals surface area contributed by atoms with Gasteiger partial charge in [-0.25, -0.2) is 0 Å². The largest absolute Gasteiger partial charge is 0.481 e. The Balaban J connectivity index is 3.03. The summed E-state index contributed by atoms with van der Waals surface area (Å²) in [6, 6.07) is 0. The van der Waals surface area contributed by atoms with Crippen molar-refractivity contribution in [2.75, 3.05) is 12.4 Å². The van der Waals surface area contributed by atoms with Crippen molar-refractivity contribution in [1.82, 2.24) is 0 Å². The number of unbranched alkanes of at least 4 members (excludes halogenated alkanes) is 6. The highest BCUT2D eigenvalue weighted by atomic mass is 32.2. The first-order chi connectivity index (χ1) is 8.27. The molecule has 100 valence electrons. The molecule has 0 bridgehead atoms. The van der Waals surface area contributed by atoms with E-state index >= 15 is 0 Å². The second kappa shape index (κ2) is 13.6. The molecular weight excluding hydrogens is 236 g/mol. The number of aliphatic carboxylic acids is 1. The van der Waals surface area contributed by atoms with Crippen LogP contribution in [0.5, 0.6) is 0 Å². The van der Waals surface area contributed by atoms with Crippen LogP contribution in [0.2, 0.25) is 0 Å². The minimum Gasteiger partial charge on any atom is -0.481 e. The second-order valence-corrected chi connectivity index (χ2v) is 5.03. The van der Waals surface area contributed by atoms with E-state index in [1.54, 1.807) is 11.8 Å². The molecule has 0 saturated carbocycles. The number of carbonyl (C=O) groups is 1. The molecule has 0 aromatic carbocycles. The number of aliphatic hydroxyl groups excluding tert-OH is 1. The van der Waals surface area contributed by atoms with Crippen LogP contribution in [0.3, 0.4) is 0 Å². The Morgan fingerprint density at radius 1 is 1.06 bits per heavy atom. The second-order valence-electron chi connectivity index (χ2n) is 4.02. The molecule has 3 nitrogen and oxygen atoms in total. The standard InChI is InChI=1S/C13H24O3S/c14-10-12-17-11-8-6-4-2-1-3-5-7-9-13(15)16/h8,11,14H,1-7,9-10,12H2,(H,15,16)/b11-8+. The van der Waals surface area contributed by atoms with Crippen LogP contribution in [0, 0.1) is 0 Å². The molecule has 0 fully saturated rings. The van der Waals surface area contributed by atoms with E-state index in [4.69, 9.17) is 10.2 Å². The lowest BCUT2D eigenvalue weighted by atomic mass is 10.1. The third-order valence-corrected chi connectivity index (χ3v) is 3.22. The zero-order valence-electron chi connectivity index (χ0n) is 10.4. The number of rotatable bonds is 12. The summed E-state index contributed by atoms with van der Waals surface area (Å²) in [5.74, 6) is 0.0931. The van der Waals surface area contributed by atoms with Crippen LogP contribution in [-0.2, 0) is 4.79 Å². The van der Waals surface area contributed by atoms with Gasteiger partial charge in [0.1, 0.15) is 0 Å². The topological polar surface area (TPSA) is 57.5 Å². The molecule has 17 heavy (non-hydrogen) atoms. The van der Waals surface area contributed by atoms with Gasteiger partial charge < -0.3 is 10.2 Å². The number of hydrogen-bond donors (Lipinski definition) is 2. The molecule has 4 heteroatoms. The number of allylic oxidation sites excluding steroid dienone is 1. The van der Waals surface area contributed by atoms with Crippen molar-refractivity contribution in [1.29, 1.82) is 0 Å². The summed E-state index contributed by atoms with van der Waals surface area (Å²) in [5, 5.41) is 19.1. The average Bonchev–Trinajstić information content (AvgIpc) is 2.30. The molecule has 2 N–H and O–H groups in total. The fraction of sp³-hybridized carbons (Fsp3) is 0.769. The molecule has 0 rings (SSSR count).